The molecule has 1 aromatic carbocycles. The molecule has 0 aliphatic heterocycles. The van der Waals surface area contributed by atoms with Crippen molar-refractivity contribution in [2.45, 2.75) is 30.8 Å². The topological polar surface area (TPSA) is 61.4 Å². The molecule has 1 rings (SSSR count). The van der Waals surface area contributed by atoms with E-state index in [4.69, 9.17) is 0 Å². The molecule has 20 heavy (non-hydrogen) atoms. The maximum Gasteiger partial charge on any atom is 0.240 e. The molecule has 5 nitrogen and oxygen atoms in total. The standard InChI is InChI=1S/C14H25N3O2S/c1-14(2,17(4)5)11-16-20(18,19)13-9-7-6-8-12(13)10-15-3/h6-9,15-16H,10-11H2,1-5H3. The van der Waals surface area contributed by atoms with Crippen LogP contribution >= 0.6 is 0 Å². The van der Waals surface area contributed by atoms with Gasteiger partial charge in [-0.2, -0.15) is 0 Å². The first-order chi connectivity index (χ1) is 9.20. The molecule has 0 saturated carbocycles. The van der Waals surface area contributed by atoms with Crippen molar-refractivity contribution < 1.29 is 8.42 Å². The molecular formula is C14H25N3O2S. The fraction of sp³-hybridized carbons (Fsp3) is 0.571. The summed E-state index contributed by atoms with van der Waals surface area (Å²) in [4.78, 5) is 2.33. The number of nitrogens with zero attached hydrogens (tertiary/aromatic N) is 1. The molecule has 0 heterocycles. The van der Waals surface area contributed by atoms with Crippen molar-refractivity contribution in [3.05, 3.63) is 29.8 Å². The first-order valence-corrected chi connectivity index (χ1v) is 8.08. The van der Waals surface area contributed by atoms with Gasteiger partial charge < -0.3 is 10.2 Å². The Morgan fingerprint density at radius 3 is 2.35 bits per heavy atom. The second-order valence-electron chi connectivity index (χ2n) is 5.67. The van der Waals surface area contributed by atoms with E-state index in [1.165, 1.54) is 0 Å². The van der Waals surface area contributed by atoms with Gasteiger partial charge in [-0.1, -0.05) is 18.2 Å². The zero-order valence-electron chi connectivity index (χ0n) is 12.9. The van der Waals surface area contributed by atoms with Gasteiger partial charge in [-0.25, -0.2) is 13.1 Å². The molecule has 0 aliphatic rings. The van der Waals surface area contributed by atoms with Crippen LogP contribution in [-0.4, -0.2) is 46.5 Å². The van der Waals surface area contributed by atoms with Crippen molar-refractivity contribution in [3.8, 4) is 0 Å². The smallest absolute Gasteiger partial charge is 0.240 e. The summed E-state index contributed by atoms with van der Waals surface area (Å²) in [5, 5.41) is 2.99. The van der Waals surface area contributed by atoms with E-state index in [2.05, 4.69) is 10.0 Å². The Balaban J connectivity index is 2.95. The molecule has 114 valence electrons. The van der Waals surface area contributed by atoms with Gasteiger partial charge in [-0.15, -0.1) is 0 Å². The Bertz CT molecular complexity index is 539. The molecule has 0 fully saturated rings. The van der Waals surface area contributed by atoms with E-state index in [-0.39, 0.29) is 5.54 Å². The van der Waals surface area contributed by atoms with Crippen LogP contribution < -0.4 is 10.0 Å². The summed E-state index contributed by atoms with van der Waals surface area (Å²) in [6.45, 7) is 4.87. The van der Waals surface area contributed by atoms with Gasteiger partial charge in [0.25, 0.3) is 0 Å². The summed E-state index contributed by atoms with van der Waals surface area (Å²) >= 11 is 0. The molecule has 0 spiro atoms. The SMILES string of the molecule is CNCc1ccccc1S(=O)(=O)NCC(C)(C)N(C)C. The minimum absolute atomic E-state index is 0.245. The van der Waals surface area contributed by atoms with Crippen molar-refractivity contribution in [1.82, 2.24) is 14.9 Å². The van der Waals surface area contributed by atoms with Crippen LogP contribution in [0.2, 0.25) is 0 Å². The Morgan fingerprint density at radius 1 is 1.20 bits per heavy atom. The van der Waals surface area contributed by atoms with E-state index in [0.717, 1.165) is 5.56 Å². The van der Waals surface area contributed by atoms with Crippen LogP contribution in [0, 0.1) is 0 Å². The molecule has 0 atom stereocenters. The first kappa shape index (κ1) is 17.1. The molecule has 0 aliphatic carbocycles. The highest BCUT2D eigenvalue weighted by molar-refractivity contribution is 7.89. The number of benzene rings is 1. The van der Waals surface area contributed by atoms with Gasteiger partial charge in [-0.3, -0.25) is 0 Å². The number of likely N-dealkylation sites (N-methyl/N-ethyl adjacent to an activating group) is 1. The molecule has 0 aromatic heterocycles. The van der Waals surface area contributed by atoms with Gasteiger partial charge in [0.05, 0.1) is 4.90 Å². The van der Waals surface area contributed by atoms with Gasteiger partial charge >= 0.3 is 0 Å². The lowest BCUT2D eigenvalue weighted by atomic mass is 10.1. The summed E-state index contributed by atoms with van der Waals surface area (Å²) in [5.41, 5.74) is 0.524. The Labute approximate surface area is 122 Å². The fourth-order valence-electron chi connectivity index (χ4n) is 1.61. The number of nitrogens with one attached hydrogen (secondary N) is 2. The molecule has 0 saturated heterocycles. The third-order valence-corrected chi connectivity index (χ3v) is 5.04. The van der Waals surface area contributed by atoms with Crippen molar-refractivity contribution in [2.75, 3.05) is 27.7 Å². The molecule has 0 bridgehead atoms. The number of sulfonamides is 1. The zero-order valence-corrected chi connectivity index (χ0v) is 13.7. The highest BCUT2D eigenvalue weighted by Crippen LogP contribution is 2.16. The van der Waals surface area contributed by atoms with Crippen molar-refractivity contribution >= 4 is 10.0 Å². The van der Waals surface area contributed by atoms with E-state index >= 15 is 0 Å². The van der Waals surface area contributed by atoms with Crippen LogP contribution in [0.25, 0.3) is 0 Å². The molecule has 1 aromatic rings. The summed E-state index contributed by atoms with van der Waals surface area (Å²) in [5.74, 6) is 0. The van der Waals surface area contributed by atoms with Crippen LogP contribution in [0.1, 0.15) is 19.4 Å². The Hall–Kier alpha value is -0.950. The van der Waals surface area contributed by atoms with E-state index in [0.29, 0.717) is 18.0 Å². The molecule has 0 unspecified atom stereocenters. The van der Waals surface area contributed by atoms with Crippen LogP contribution in [-0.2, 0) is 16.6 Å². The average molecular weight is 299 g/mol. The van der Waals surface area contributed by atoms with E-state index in [1.807, 2.05) is 45.0 Å². The zero-order chi connectivity index (χ0) is 15.4. The third kappa shape index (κ3) is 4.28. The van der Waals surface area contributed by atoms with Gasteiger partial charge in [0.2, 0.25) is 10.0 Å². The predicted molar refractivity (Wildman–Crippen MR) is 82.2 cm³/mol. The summed E-state index contributed by atoms with van der Waals surface area (Å²) in [6, 6.07) is 7.04. The molecule has 2 N–H and O–H groups in total. The number of hydrogen-bond donors (Lipinski definition) is 2. The maximum absolute atomic E-state index is 12.4. The lowest BCUT2D eigenvalue weighted by molar-refractivity contribution is 0.199. The quantitative estimate of drug-likeness (QED) is 0.789. The van der Waals surface area contributed by atoms with Crippen molar-refractivity contribution in [1.29, 1.82) is 0 Å². The molecular weight excluding hydrogens is 274 g/mol. The van der Waals surface area contributed by atoms with Crippen LogP contribution in [0.4, 0.5) is 0 Å². The highest BCUT2D eigenvalue weighted by atomic mass is 32.2. The lowest BCUT2D eigenvalue weighted by Gasteiger charge is -2.32. The highest BCUT2D eigenvalue weighted by Gasteiger charge is 2.25. The van der Waals surface area contributed by atoms with E-state index in [9.17, 15) is 8.42 Å². The normalized spacial score (nSPS) is 12.9. The third-order valence-electron chi connectivity index (χ3n) is 3.53. The van der Waals surface area contributed by atoms with E-state index in [1.54, 1.807) is 19.2 Å². The van der Waals surface area contributed by atoms with Gasteiger partial charge in [0, 0.05) is 18.6 Å². The Kier molecular flexibility index (Phi) is 5.70. The van der Waals surface area contributed by atoms with Gasteiger partial charge in [-0.05, 0) is 46.6 Å². The molecule has 0 amide bonds. The second-order valence-corrected chi connectivity index (χ2v) is 7.40. The minimum Gasteiger partial charge on any atom is -0.316 e. The van der Waals surface area contributed by atoms with E-state index < -0.39 is 10.0 Å². The van der Waals surface area contributed by atoms with Crippen LogP contribution in [0.3, 0.4) is 0 Å². The minimum atomic E-state index is -3.50. The first-order valence-electron chi connectivity index (χ1n) is 6.60. The number of rotatable bonds is 7. The second kappa shape index (κ2) is 6.67. The van der Waals surface area contributed by atoms with Crippen LogP contribution in [0.5, 0.6) is 0 Å². The van der Waals surface area contributed by atoms with Crippen LogP contribution in [0.15, 0.2) is 29.2 Å². The van der Waals surface area contributed by atoms with Gasteiger partial charge in [0.15, 0.2) is 0 Å². The molecule has 6 heteroatoms. The summed E-state index contributed by atoms with van der Waals surface area (Å²) in [6.07, 6.45) is 0. The largest absolute Gasteiger partial charge is 0.316 e. The van der Waals surface area contributed by atoms with Crippen molar-refractivity contribution in [3.63, 3.8) is 0 Å². The van der Waals surface area contributed by atoms with Crippen molar-refractivity contribution in [2.24, 2.45) is 0 Å². The monoisotopic (exact) mass is 299 g/mol. The maximum atomic E-state index is 12.4. The molecule has 0 radical (unpaired) electrons. The fourth-order valence-corrected chi connectivity index (χ4v) is 3.05. The summed E-state index contributed by atoms with van der Waals surface area (Å²) in [7, 11) is 2.17. The predicted octanol–water partition coefficient (Wildman–Crippen LogP) is 1.02. The van der Waals surface area contributed by atoms with Gasteiger partial charge in [0.1, 0.15) is 0 Å². The number of hydrogen-bond acceptors (Lipinski definition) is 4. The summed E-state index contributed by atoms with van der Waals surface area (Å²) < 4.78 is 27.6. The Morgan fingerprint density at radius 2 is 1.80 bits per heavy atom. The average Bonchev–Trinajstić information content (AvgIpc) is 2.37. The lowest BCUT2D eigenvalue weighted by Crippen LogP contribution is -2.48.